The van der Waals surface area contributed by atoms with Crippen molar-refractivity contribution >= 4 is 11.6 Å². The maximum absolute atomic E-state index is 11.9. The van der Waals surface area contributed by atoms with Crippen molar-refractivity contribution in [3.63, 3.8) is 0 Å². The number of rotatable bonds is 7. The third-order valence-corrected chi connectivity index (χ3v) is 2.89. The number of nitrogens with one attached hydrogen (secondary N) is 1. The van der Waals surface area contributed by atoms with E-state index in [1.165, 1.54) is 0 Å². The van der Waals surface area contributed by atoms with Crippen LogP contribution in [0.1, 0.15) is 6.92 Å². The van der Waals surface area contributed by atoms with Gasteiger partial charge in [-0.15, -0.1) is 0 Å². The highest BCUT2D eigenvalue weighted by molar-refractivity contribution is 5.93. The number of para-hydroxylation sites is 2. The molecular formula is C17H19NO4. The van der Waals surface area contributed by atoms with Crippen molar-refractivity contribution in [3.05, 3.63) is 48.5 Å². The minimum atomic E-state index is -0.247. The lowest BCUT2D eigenvalue weighted by atomic mass is 10.3. The molecule has 0 heterocycles. The summed E-state index contributed by atoms with van der Waals surface area (Å²) in [6, 6.07) is 14.3. The first-order valence-corrected chi connectivity index (χ1v) is 7.01. The van der Waals surface area contributed by atoms with E-state index in [0.29, 0.717) is 23.8 Å². The maximum Gasteiger partial charge on any atom is 0.262 e. The van der Waals surface area contributed by atoms with E-state index in [9.17, 15) is 4.79 Å². The van der Waals surface area contributed by atoms with E-state index >= 15 is 0 Å². The Morgan fingerprint density at radius 3 is 2.36 bits per heavy atom. The first kappa shape index (κ1) is 15.7. The van der Waals surface area contributed by atoms with Crippen molar-refractivity contribution in [2.24, 2.45) is 0 Å². The van der Waals surface area contributed by atoms with Gasteiger partial charge >= 0.3 is 0 Å². The van der Waals surface area contributed by atoms with Crippen LogP contribution in [0.2, 0.25) is 0 Å². The lowest BCUT2D eigenvalue weighted by Crippen LogP contribution is -2.20. The highest BCUT2D eigenvalue weighted by Gasteiger charge is 2.08. The molecule has 0 atom stereocenters. The molecule has 5 nitrogen and oxygen atoms in total. The van der Waals surface area contributed by atoms with Gasteiger partial charge in [-0.1, -0.05) is 12.1 Å². The molecule has 0 fully saturated rings. The third kappa shape index (κ3) is 4.41. The number of amides is 1. The van der Waals surface area contributed by atoms with Gasteiger partial charge in [0.2, 0.25) is 0 Å². The van der Waals surface area contributed by atoms with Crippen molar-refractivity contribution < 1.29 is 19.0 Å². The Hall–Kier alpha value is -2.69. The number of ether oxygens (including phenoxy) is 3. The predicted octanol–water partition coefficient (Wildman–Crippen LogP) is 3.11. The second kappa shape index (κ2) is 7.93. The topological polar surface area (TPSA) is 56.8 Å². The van der Waals surface area contributed by atoms with Gasteiger partial charge in [0.25, 0.3) is 5.91 Å². The van der Waals surface area contributed by atoms with Gasteiger partial charge in [0.05, 0.1) is 19.4 Å². The quantitative estimate of drug-likeness (QED) is 0.853. The molecule has 5 heteroatoms. The van der Waals surface area contributed by atoms with Gasteiger partial charge in [-0.2, -0.15) is 0 Å². The molecule has 2 aromatic carbocycles. The Morgan fingerprint density at radius 2 is 1.68 bits per heavy atom. The first-order chi connectivity index (χ1) is 10.7. The zero-order chi connectivity index (χ0) is 15.8. The summed E-state index contributed by atoms with van der Waals surface area (Å²) in [6.07, 6.45) is 0. The number of hydrogen-bond donors (Lipinski definition) is 1. The smallest absolute Gasteiger partial charge is 0.262 e. The average Bonchev–Trinajstić information content (AvgIpc) is 2.55. The van der Waals surface area contributed by atoms with Crippen molar-refractivity contribution in [1.29, 1.82) is 0 Å². The van der Waals surface area contributed by atoms with Gasteiger partial charge in [-0.3, -0.25) is 4.79 Å². The van der Waals surface area contributed by atoms with Crippen molar-refractivity contribution in [3.8, 4) is 17.2 Å². The van der Waals surface area contributed by atoms with Crippen molar-refractivity contribution in [2.75, 3.05) is 25.6 Å². The van der Waals surface area contributed by atoms with Crippen molar-refractivity contribution in [1.82, 2.24) is 0 Å². The van der Waals surface area contributed by atoms with E-state index in [2.05, 4.69) is 5.32 Å². The van der Waals surface area contributed by atoms with E-state index in [0.717, 1.165) is 5.75 Å². The molecular weight excluding hydrogens is 282 g/mol. The molecule has 116 valence electrons. The normalized spacial score (nSPS) is 9.91. The van der Waals surface area contributed by atoms with Crippen LogP contribution in [0.5, 0.6) is 17.2 Å². The van der Waals surface area contributed by atoms with Gasteiger partial charge < -0.3 is 19.5 Å². The second-order valence-electron chi connectivity index (χ2n) is 4.44. The second-order valence-corrected chi connectivity index (χ2v) is 4.44. The lowest BCUT2D eigenvalue weighted by Gasteiger charge is -2.12. The van der Waals surface area contributed by atoms with Crippen LogP contribution in [0.25, 0.3) is 0 Å². The standard InChI is InChI=1S/C17H19NO4/c1-3-21-16-7-5-4-6-15(16)18-17(19)12-22-14-10-8-13(20-2)9-11-14/h4-11H,3,12H2,1-2H3,(H,18,19). The molecule has 0 aliphatic carbocycles. The monoisotopic (exact) mass is 301 g/mol. The Balaban J connectivity index is 1.90. The summed E-state index contributed by atoms with van der Waals surface area (Å²) in [5, 5.41) is 2.77. The van der Waals surface area contributed by atoms with Gasteiger partial charge in [-0.25, -0.2) is 0 Å². The summed E-state index contributed by atoms with van der Waals surface area (Å²) < 4.78 is 15.9. The Bertz CT molecular complexity index is 610. The molecule has 0 aliphatic rings. The zero-order valence-corrected chi connectivity index (χ0v) is 12.7. The molecule has 0 aromatic heterocycles. The summed E-state index contributed by atoms with van der Waals surface area (Å²) >= 11 is 0. The summed E-state index contributed by atoms with van der Waals surface area (Å²) in [5.41, 5.74) is 0.632. The molecule has 0 radical (unpaired) electrons. The number of benzene rings is 2. The molecule has 1 N–H and O–H groups in total. The van der Waals surface area contributed by atoms with Crippen LogP contribution in [0.15, 0.2) is 48.5 Å². The first-order valence-electron chi connectivity index (χ1n) is 7.01. The molecule has 22 heavy (non-hydrogen) atoms. The molecule has 0 unspecified atom stereocenters. The minimum Gasteiger partial charge on any atom is -0.497 e. The molecule has 0 aliphatic heterocycles. The number of methoxy groups -OCH3 is 1. The van der Waals surface area contributed by atoms with Gasteiger partial charge in [-0.05, 0) is 43.3 Å². The van der Waals surface area contributed by atoms with Crippen LogP contribution < -0.4 is 19.5 Å². The lowest BCUT2D eigenvalue weighted by molar-refractivity contribution is -0.118. The maximum atomic E-state index is 11.9. The number of carbonyl (C=O) groups is 1. The van der Waals surface area contributed by atoms with Crippen LogP contribution in [0.4, 0.5) is 5.69 Å². The van der Waals surface area contributed by atoms with Gasteiger partial charge in [0, 0.05) is 0 Å². The highest BCUT2D eigenvalue weighted by atomic mass is 16.5. The van der Waals surface area contributed by atoms with Gasteiger partial charge in [0.15, 0.2) is 6.61 Å². The van der Waals surface area contributed by atoms with Crippen LogP contribution in [0.3, 0.4) is 0 Å². The Morgan fingerprint density at radius 1 is 1.00 bits per heavy atom. The molecule has 2 rings (SSSR count). The highest BCUT2D eigenvalue weighted by Crippen LogP contribution is 2.23. The van der Waals surface area contributed by atoms with Crippen LogP contribution in [-0.2, 0) is 4.79 Å². The number of anilines is 1. The molecule has 0 saturated heterocycles. The molecule has 0 saturated carbocycles. The van der Waals surface area contributed by atoms with E-state index in [1.54, 1.807) is 37.4 Å². The van der Waals surface area contributed by atoms with Crippen LogP contribution in [0, 0.1) is 0 Å². The van der Waals surface area contributed by atoms with E-state index < -0.39 is 0 Å². The molecule has 0 spiro atoms. The number of hydrogen-bond acceptors (Lipinski definition) is 4. The van der Waals surface area contributed by atoms with Crippen LogP contribution >= 0.6 is 0 Å². The Kier molecular flexibility index (Phi) is 5.65. The zero-order valence-electron chi connectivity index (χ0n) is 12.7. The van der Waals surface area contributed by atoms with E-state index in [4.69, 9.17) is 14.2 Å². The summed E-state index contributed by atoms with van der Waals surface area (Å²) in [4.78, 5) is 11.9. The largest absolute Gasteiger partial charge is 0.497 e. The predicted molar refractivity (Wildman–Crippen MR) is 84.7 cm³/mol. The summed E-state index contributed by atoms with van der Waals surface area (Å²) in [7, 11) is 1.60. The third-order valence-electron chi connectivity index (χ3n) is 2.89. The minimum absolute atomic E-state index is 0.0766. The van der Waals surface area contributed by atoms with E-state index in [-0.39, 0.29) is 12.5 Å². The van der Waals surface area contributed by atoms with Crippen molar-refractivity contribution in [2.45, 2.75) is 6.92 Å². The fourth-order valence-electron chi connectivity index (χ4n) is 1.86. The average molecular weight is 301 g/mol. The molecule has 2 aromatic rings. The van der Waals surface area contributed by atoms with E-state index in [1.807, 2.05) is 25.1 Å². The van der Waals surface area contributed by atoms with Crippen LogP contribution in [-0.4, -0.2) is 26.2 Å². The fraction of sp³-hybridized carbons (Fsp3) is 0.235. The fourth-order valence-corrected chi connectivity index (χ4v) is 1.86. The summed E-state index contributed by atoms with van der Waals surface area (Å²) in [6.45, 7) is 2.35. The number of carbonyl (C=O) groups excluding carboxylic acids is 1. The van der Waals surface area contributed by atoms with Gasteiger partial charge in [0.1, 0.15) is 17.2 Å². The Labute approximate surface area is 129 Å². The molecule has 0 bridgehead atoms. The molecule has 1 amide bonds. The SMILES string of the molecule is CCOc1ccccc1NC(=O)COc1ccc(OC)cc1. The summed E-state index contributed by atoms with van der Waals surface area (Å²) in [5.74, 6) is 1.74.